The van der Waals surface area contributed by atoms with Gasteiger partial charge in [-0.25, -0.2) is 9.97 Å². The smallest absolute Gasteiger partial charge is 0.219 e. The number of anilines is 1. The van der Waals surface area contributed by atoms with Crippen LogP contribution < -0.4 is 5.32 Å². The third-order valence-electron chi connectivity index (χ3n) is 6.45. The predicted molar refractivity (Wildman–Crippen MR) is 125 cm³/mol. The van der Waals surface area contributed by atoms with Gasteiger partial charge in [-0.1, -0.05) is 29.8 Å². The highest BCUT2D eigenvalue weighted by atomic mass is 35.5. The van der Waals surface area contributed by atoms with Crippen LogP contribution in [-0.2, 0) is 24.2 Å². The minimum atomic E-state index is 0.161. The Balaban J connectivity index is 1.46. The summed E-state index contributed by atoms with van der Waals surface area (Å²) in [7, 11) is 2.15. The molecule has 1 aromatic carbocycles. The van der Waals surface area contributed by atoms with Crippen molar-refractivity contribution in [3.05, 3.63) is 51.9 Å². The van der Waals surface area contributed by atoms with Crippen LogP contribution in [0.4, 0.5) is 5.82 Å². The zero-order chi connectivity index (χ0) is 21.8. The van der Waals surface area contributed by atoms with E-state index in [-0.39, 0.29) is 5.91 Å². The first-order valence-electron chi connectivity index (χ1n) is 11.3. The zero-order valence-corrected chi connectivity index (χ0v) is 19.3. The van der Waals surface area contributed by atoms with E-state index in [2.05, 4.69) is 23.3 Å². The zero-order valence-electron chi connectivity index (χ0n) is 18.5. The molecule has 0 saturated carbocycles. The highest BCUT2D eigenvalue weighted by Crippen LogP contribution is 2.30. The Morgan fingerprint density at radius 3 is 2.71 bits per heavy atom. The number of carbonyl (C=O) groups excluding carboxylic acids is 1. The lowest BCUT2D eigenvalue weighted by Crippen LogP contribution is -2.37. The highest BCUT2D eigenvalue weighted by Gasteiger charge is 2.27. The number of benzene rings is 1. The molecule has 0 aliphatic carbocycles. The van der Waals surface area contributed by atoms with Gasteiger partial charge in [-0.15, -0.1) is 0 Å². The van der Waals surface area contributed by atoms with Gasteiger partial charge >= 0.3 is 0 Å². The fourth-order valence-electron chi connectivity index (χ4n) is 4.54. The van der Waals surface area contributed by atoms with Gasteiger partial charge in [0.05, 0.1) is 5.69 Å². The molecule has 0 radical (unpaired) electrons. The van der Waals surface area contributed by atoms with Crippen LogP contribution in [0.2, 0.25) is 5.02 Å². The van der Waals surface area contributed by atoms with E-state index in [1.807, 2.05) is 23.1 Å². The highest BCUT2D eigenvalue weighted by molar-refractivity contribution is 6.31. The Morgan fingerprint density at radius 2 is 1.97 bits per heavy atom. The van der Waals surface area contributed by atoms with Crippen LogP contribution in [0.3, 0.4) is 0 Å². The van der Waals surface area contributed by atoms with E-state index in [0.29, 0.717) is 5.92 Å². The summed E-state index contributed by atoms with van der Waals surface area (Å²) in [6.45, 7) is 5.99. The molecule has 0 bridgehead atoms. The molecule has 2 aliphatic heterocycles. The van der Waals surface area contributed by atoms with Crippen molar-refractivity contribution in [3.8, 4) is 0 Å². The first-order valence-corrected chi connectivity index (χ1v) is 11.7. The van der Waals surface area contributed by atoms with E-state index in [9.17, 15) is 4.79 Å². The fraction of sp³-hybridized carbons (Fsp3) is 0.542. The monoisotopic (exact) mass is 441 g/mol. The summed E-state index contributed by atoms with van der Waals surface area (Å²) in [6, 6.07) is 8.05. The third kappa shape index (κ3) is 5.36. The second kappa shape index (κ2) is 9.96. The standard InChI is InChI=1S/C24H32ClN5O/c1-17(31)30-14-9-19(10-15-30)23-27-22-11-13-29(2)16-20(22)24(28-23)26-12-5-7-18-6-3-4-8-21(18)25/h3-4,6,8,19H,5,7,9-16H2,1-2H3,(H,26,27,28). The van der Waals surface area contributed by atoms with Crippen molar-refractivity contribution in [3.63, 3.8) is 0 Å². The summed E-state index contributed by atoms with van der Waals surface area (Å²) >= 11 is 6.30. The van der Waals surface area contributed by atoms with Crippen molar-refractivity contribution >= 4 is 23.3 Å². The van der Waals surface area contributed by atoms with Gasteiger partial charge in [-0.3, -0.25) is 4.79 Å². The normalized spacial score (nSPS) is 17.5. The molecule has 4 rings (SSSR count). The maximum Gasteiger partial charge on any atom is 0.219 e. The van der Waals surface area contributed by atoms with E-state index in [0.717, 1.165) is 81.5 Å². The maximum absolute atomic E-state index is 11.7. The first-order chi connectivity index (χ1) is 15.0. The Kier molecular flexibility index (Phi) is 7.08. The van der Waals surface area contributed by atoms with E-state index in [1.54, 1.807) is 6.92 Å². The minimum absolute atomic E-state index is 0.161. The molecule has 2 aliphatic rings. The molecule has 1 amide bonds. The van der Waals surface area contributed by atoms with Crippen molar-refractivity contribution in [2.24, 2.45) is 0 Å². The van der Waals surface area contributed by atoms with Crippen molar-refractivity contribution < 1.29 is 4.79 Å². The molecule has 1 aromatic heterocycles. The fourth-order valence-corrected chi connectivity index (χ4v) is 4.77. The molecule has 0 unspecified atom stereocenters. The number of nitrogens with one attached hydrogen (secondary N) is 1. The number of fused-ring (bicyclic) bond motifs is 1. The van der Waals surface area contributed by atoms with Gasteiger partial charge in [-0.05, 0) is 44.4 Å². The Hall–Kier alpha value is -2.18. The summed E-state index contributed by atoms with van der Waals surface area (Å²) in [5, 5.41) is 4.44. The van der Waals surface area contributed by atoms with Gasteiger partial charge in [0.25, 0.3) is 0 Å². The molecule has 2 aromatic rings. The van der Waals surface area contributed by atoms with Crippen molar-refractivity contribution in [2.75, 3.05) is 38.5 Å². The molecular formula is C24H32ClN5O. The van der Waals surface area contributed by atoms with Crippen LogP contribution in [0.15, 0.2) is 24.3 Å². The topological polar surface area (TPSA) is 61.4 Å². The predicted octanol–water partition coefficient (Wildman–Crippen LogP) is 3.89. The number of hydrogen-bond donors (Lipinski definition) is 1. The lowest BCUT2D eigenvalue weighted by atomic mass is 9.95. The molecule has 31 heavy (non-hydrogen) atoms. The lowest BCUT2D eigenvalue weighted by molar-refractivity contribution is -0.129. The summed E-state index contributed by atoms with van der Waals surface area (Å²) in [5.74, 6) is 2.41. The summed E-state index contributed by atoms with van der Waals surface area (Å²) in [5.41, 5.74) is 3.61. The summed E-state index contributed by atoms with van der Waals surface area (Å²) in [4.78, 5) is 25.9. The average Bonchev–Trinajstić information content (AvgIpc) is 2.77. The van der Waals surface area contributed by atoms with E-state index >= 15 is 0 Å². The van der Waals surface area contributed by atoms with Gasteiger partial charge in [0.2, 0.25) is 5.91 Å². The van der Waals surface area contributed by atoms with E-state index in [4.69, 9.17) is 21.6 Å². The van der Waals surface area contributed by atoms with Crippen LogP contribution >= 0.6 is 11.6 Å². The molecule has 1 saturated heterocycles. The van der Waals surface area contributed by atoms with Gasteiger partial charge < -0.3 is 15.1 Å². The SMILES string of the molecule is CC(=O)N1CCC(c2nc3c(c(NCCCc4ccccc4Cl)n2)CN(C)CC3)CC1. The van der Waals surface area contributed by atoms with Crippen molar-refractivity contribution in [1.29, 1.82) is 0 Å². The maximum atomic E-state index is 11.7. The van der Waals surface area contributed by atoms with Crippen LogP contribution in [0, 0.1) is 0 Å². The number of rotatable bonds is 6. The summed E-state index contributed by atoms with van der Waals surface area (Å²) in [6.07, 6.45) is 4.76. The number of likely N-dealkylation sites (tertiary alicyclic amines) is 1. The number of hydrogen-bond acceptors (Lipinski definition) is 5. The molecule has 166 valence electrons. The first kappa shape index (κ1) is 22.0. The number of piperidine rings is 1. The molecule has 3 heterocycles. The van der Waals surface area contributed by atoms with Crippen LogP contribution in [0.1, 0.15) is 54.7 Å². The largest absolute Gasteiger partial charge is 0.370 e. The van der Waals surface area contributed by atoms with Gasteiger partial charge in [0.15, 0.2) is 0 Å². The molecule has 0 spiro atoms. The molecule has 6 nitrogen and oxygen atoms in total. The Morgan fingerprint density at radius 1 is 1.19 bits per heavy atom. The van der Waals surface area contributed by atoms with Crippen LogP contribution in [0.5, 0.6) is 0 Å². The van der Waals surface area contributed by atoms with Gasteiger partial charge in [0, 0.05) is 62.6 Å². The van der Waals surface area contributed by atoms with Crippen molar-refractivity contribution in [1.82, 2.24) is 19.8 Å². The number of amides is 1. The minimum Gasteiger partial charge on any atom is -0.370 e. The second-order valence-corrected chi connectivity index (χ2v) is 9.15. The number of aryl methyl sites for hydroxylation is 1. The number of aromatic nitrogens is 2. The number of nitrogens with zero attached hydrogens (tertiary/aromatic N) is 4. The molecule has 1 fully saturated rings. The third-order valence-corrected chi connectivity index (χ3v) is 6.82. The molecular weight excluding hydrogens is 410 g/mol. The van der Waals surface area contributed by atoms with Gasteiger partial charge in [0.1, 0.15) is 11.6 Å². The number of halogens is 1. The second-order valence-electron chi connectivity index (χ2n) is 8.75. The van der Waals surface area contributed by atoms with Gasteiger partial charge in [-0.2, -0.15) is 0 Å². The molecule has 0 atom stereocenters. The molecule has 1 N–H and O–H groups in total. The van der Waals surface area contributed by atoms with Crippen LogP contribution in [0.25, 0.3) is 0 Å². The lowest BCUT2D eigenvalue weighted by Gasteiger charge is -2.32. The molecule has 7 heteroatoms. The van der Waals surface area contributed by atoms with Crippen molar-refractivity contribution in [2.45, 2.75) is 51.5 Å². The van der Waals surface area contributed by atoms with Crippen LogP contribution in [-0.4, -0.2) is 58.9 Å². The van der Waals surface area contributed by atoms with E-state index in [1.165, 1.54) is 16.8 Å². The number of carbonyl (C=O) groups is 1. The average molecular weight is 442 g/mol. The van der Waals surface area contributed by atoms with E-state index < -0.39 is 0 Å². The quantitative estimate of drug-likeness (QED) is 0.689. The summed E-state index contributed by atoms with van der Waals surface area (Å²) < 4.78 is 0. The Bertz CT molecular complexity index is 926. The Labute approximate surface area is 190 Å². The number of likely N-dealkylation sites (N-methyl/N-ethyl adjacent to an activating group) is 1.